The van der Waals surface area contributed by atoms with E-state index in [-0.39, 0.29) is 0 Å². The van der Waals surface area contributed by atoms with Gasteiger partial charge < -0.3 is 5.73 Å². The van der Waals surface area contributed by atoms with Crippen LogP contribution in [0.1, 0.15) is 0 Å². The monoisotopic (exact) mass is 179 g/mol. The van der Waals surface area contributed by atoms with E-state index in [1.54, 1.807) is 5.41 Å². The minimum Gasteiger partial charge on any atom is -0.366 e. The molecule has 62 valence electrons. The zero-order chi connectivity index (χ0) is 8.81. The molecule has 0 unspecified atom stereocenters. The van der Waals surface area contributed by atoms with Crippen molar-refractivity contribution in [1.29, 1.82) is 0 Å². The second-order valence-electron chi connectivity index (χ2n) is 2.14. The normalized spacial score (nSPS) is 10.3. The quantitative estimate of drug-likeness (QED) is 0.567. The van der Waals surface area contributed by atoms with Gasteiger partial charge in [-0.05, 0) is 17.5 Å². The van der Waals surface area contributed by atoms with E-state index in [1.807, 2.05) is 30.3 Å². The molecule has 1 aromatic rings. The number of benzene rings is 1. The number of hydrogen-bond acceptors (Lipinski definition) is 2. The topological polar surface area (TPSA) is 43.1 Å². The first-order valence-electron chi connectivity index (χ1n) is 3.47. The molecule has 0 fully saturated rings. The van der Waals surface area contributed by atoms with Gasteiger partial charge in [-0.25, -0.2) is 0 Å². The maximum Gasteiger partial charge on any atom is 0.241 e. The van der Waals surface area contributed by atoms with Crippen molar-refractivity contribution in [2.45, 2.75) is 4.90 Å². The standard InChI is InChI=1S/C9H9NOS/c10-9(11)6-7-12-8-4-2-1-3-5-8/h1-7H,(H2,10,11). The van der Waals surface area contributed by atoms with E-state index < -0.39 is 5.91 Å². The number of carbonyl (C=O) groups excluding carboxylic acids is 1. The highest BCUT2D eigenvalue weighted by Gasteiger charge is 1.87. The minimum atomic E-state index is -0.418. The van der Waals surface area contributed by atoms with Crippen molar-refractivity contribution in [3.63, 3.8) is 0 Å². The van der Waals surface area contributed by atoms with Gasteiger partial charge in [-0.2, -0.15) is 0 Å². The number of amides is 1. The Morgan fingerprint density at radius 2 is 2.00 bits per heavy atom. The number of thioether (sulfide) groups is 1. The van der Waals surface area contributed by atoms with E-state index in [0.717, 1.165) is 4.90 Å². The number of rotatable bonds is 3. The van der Waals surface area contributed by atoms with Crippen molar-refractivity contribution in [2.24, 2.45) is 5.73 Å². The third-order valence-corrected chi connectivity index (χ3v) is 2.00. The molecule has 0 aromatic heterocycles. The summed E-state index contributed by atoms with van der Waals surface area (Å²) in [5.74, 6) is -0.418. The fourth-order valence-corrected chi connectivity index (χ4v) is 1.35. The molecule has 2 N–H and O–H groups in total. The molecule has 0 atom stereocenters. The number of primary amides is 1. The largest absolute Gasteiger partial charge is 0.366 e. The Morgan fingerprint density at radius 1 is 1.33 bits per heavy atom. The summed E-state index contributed by atoms with van der Waals surface area (Å²) in [7, 11) is 0. The van der Waals surface area contributed by atoms with Crippen LogP contribution >= 0.6 is 11.8 Å². The molecule has 0 heterocycles. The van der Waals surface area contributed by atoms with E-state index in [2.05, 4.69) is 0 Å². The number of carbonyl (C=O) groups is 1. The van der Waals surface area contributed by atoms with E-state index in [4.69, 9.17) is 5.73 Å². The van der Waals surface area contributed by atoms with Crippen LogP contribution in [-0.4, -0.2) is 5.91 Å². The van der Waals surface area contributed by atoms with Gasteiger partial charge in [0, 0.05) is 11.0 Å². The van der Waals surface area contributed by atoms with E-state index >= 15 is 0 Å². The van der Waals surface area contributed by atoms with Crippen LogP contribution in [0.2, 0.25) is 0 Å². The van der Waals surface area contributed by atoms with Gasteiger partial charge in [0.2, 0.25) is 5.91 Å². The van der Waals surface area contributed by atoms with Crippen molar-refractivity contribution >= 4 is 17.7 Å². The Labute approximate surface area is 75.5 Å². The predicted octanol–water partition coefficient (Wildman–Crippen LogP) is 1.78. The SMILES string of the molecule is NC(=O)C=CSc1ccccc1. The Morgan fingerprint density at radius 3 is 2.58 bits per heavy atom. The molecule has 12 heavy (non-hydrogen) atoms. The summed E-state index contributed by atoms with van der Waals surface area (Å²) in [5, 5.41) is 1.68. The van der Waals surface area contributed by atoms with Gasteiger partial charge in [-0.1, -0.05) is 30.0 Å². The Hall–Kier alpha value is -1.22. The number of hydrogen-bond donors (Lipinski definition) is 1. The van der Waals surface area contributed by atoms with Crippen LogP contribution < -0.4 is 5.73 Å². The highest BCUT2D eigenvalue weighted by atomic mass is 32.2. The van der Waals surface area contributed by atoms with Gasteiger partial charge in [-0.3, -0.25) is 4.79 Å². The molecule has 0 bridgehead atoms. The molecule has 1 amide bonds. The second-order valence-corrected chi connectivity index (χ2v) is 3.12. The number of nitrogens with two attached hydrogens (primary N) is 1. The Balaban J connectivity index is 2.49. The van der Waals surface area contributed by atoms with Gasteiger partial charge in [0.15, 0.2) is 0 Å². The summed E-state index contributed by atoms with van der Waals surface area (Å²) in [4.78, 5) is 11.4. The third kappa shape index (κ3) is 3.25. The molecule has 3 heteroatoms. The molecule has 1 aromatic carbocycles. The first-order chi connectivity index (χ1) is 5.79. The molecule has 1 rings (SSSR count). The second kappa shape index (κ2) is 4.62. The lowest BCUT2D eigenvalue weighted by molar-refractivity contribution is -0.113. The highest BCUT2D eigenvalue weighted by molar-refractivity contribution is 8.02. The zero-order valence-corrected chi connectivity index (χ0v) is 7.25. The van der Waals surface area contributed by atoms with Crippen LogP contribution in [0, 0.1) is 0 Å². The average Bonchev–Trinajstić information content (AvgIpc) is 2.05. The van der Waals surface area contributed by atoms with E-state index in [1.165, 1.54) is 17.8 Å². The van der Waals surface area contributed by atoms with Gasteiger partial charge in [0.05, 0.1) is 0 Å². The first kappa shape index (κ1) is 8.87. The molecule has 0 saturated carbocycles. The Kier molecular flexibility index (Phi) is 3.41. The van der Waals surface area contributed by atoms with E-state index in [9.17, 15) is 4.79 Å². The summed E-state index contributed by atoms with van der Waals surface area (Å²) in [6.45, 7) is 0. The molecule has 0 aliphatic carbocycles. The van der Waals surface area contributed by atoms with Gasteiger partial charge >= 0.3 is 0 Å². The lowest BCUT2D eigenvalue weighted by Crippen LogP contribution is -2.04. The van der Waals surface area contributed by atoms with Crippen molar-refractivity contribution < 1.29 is 4.79 Å². The molecule has 0 radical (unpaired) electrons. The highest BCUT2D eigenvalue weighted by Crippen LogP contribution is 2.17. The lowest BCUT2D eigenvalue weighted by Gasteiger charge is -1.92. The molecule has 0 aliphatic heterocycles. The van der Waals surface area contributed by atoms with E-state index in [0.29, 0.717) is 0 Å². The fraction of sp³-hybridized carbons (Fsp3) is 0. The van der Waals surface area contributed by atoms with Crippen LogP contribution in [0.4, 0.5) is 0 Å². The third-order valence-electron chi connectivity index (χ3n) is 1.18. The average molecular weight is 179 g/mol. The first-order valence-corrected chi connectivity index (χ1v) is 4.34. The molecular formula is C9H9NOS. The van der Waals surface area contributed by atoms with Gasteiger partial charge in [0.25, 0.3) is 0 Å². The predicted molar refractivity (Wildman–Crippen MR) is 50.6 cm³/mol. The molecular weight excluding hydrogens is 170 g/mol. The fourth-order valence-electron chi connectivity index (χ4n) is 0.679. The zero-order valence-electron chi connectivity index (χ0n) is 6.44. The Bertz CT molecular complexity index is 282. The van der Waals surface area contributed by atoms with Crippen LogP contribution in [0.3, 0.4) is 0 Å². The van der Waals surface area contributed by atoms with Gasteiger partial charge in [-0.15, -0.1) is 0 Å². The molecule has 0 saturated heterocycles. The summed E-state index contributed by atoms with van der Waals surface area (Å²) < 4.78 is 0. The summed E-state index contributed by atoms with van der Waals surface area (Å²) in [6, 6.07) is 9.77. The maximum atomic E-state index is 10.3. The van der Waals surface area contributed by atoms with Crippen LogP contribution in [0.25, 0.3) is 0 Å². The summed E-state index contributed by atoms with van der Waals surface area (Å²) in [5.41, 5.74) is 4.92. The van der Waals surface area contributed by atoms with Crippen molar-refractivity contribution in [3.05, 3.63) is 41.8 Å². The van der Waals surface area contributed by atoms with Crippen LogP contribution in [0.5, 0.6) is 0 Å². The minimum absolute atomic E-state index is 0.418. The van der Waals surface area contributed by atoms with Crippen LogP contribution in [-0.2, 0) is 4.79 Å². The van der Waals surface area contributed by atoms with Crippen molar-refractivity contribution in [2.75, 3.05) is 0 Å². The smallest absolute Gasteiger partial charge is 0.241 e. The van der Waals surface area contributed by atoms with Crippen LogP contribution in [0.15, 0.2) is 46.7 Å². The van der Waals surface area contributed by atoms with Crippen molar-refractivity contribution in [1.82, 2.24) is 0 Å². The lowest BCUT2D eigenvalue weighted by atomic mass is 10.4. The summed E-state index contributed by atoms with van der Waals surface area (Å²) in [6.07, 6.45) is 1.34. The molecule has 0 spiro atoms. The summed E-state index contributed by atoms with van der Waals surface area (Å²) >= 11 is 1.47. The molecule has 2 nitrogen and oxygen atoms in total. The molecule has 0 aliphatic rings. The maximum absolute atomic E-state index is 10.3. The van der Waals surface area contributed by atoms with Crippen molar-refractivity contribution in [3.8, 4) is 0 Å². The van der Waals surface area contributed by atoms with Gasteiger partial charge in [0.1, 0.15) is 0 Å².